The number of rotatable bonds is 2. The van der Waals surface area contributed by atoms with E-state index in [1.54, 1.807) is 0 Å². The molecule has 0 amide bonds. The molecule has 129 valence electrons. The smallest absolute Gasteiger partial charge is 0.420 e. The molecule has 5 radical (unpaired) electrons. The molecule has 6 rings (SSSR count). The molecule has 29 heavy (non-hydrogen) atoms. The topological polar surface area (TPSA) is 9.86 Å². The Hall–Kier alpha value is -1.92. The third-order valence-electron chi connectivity index (χ3n) is 5.70. The van der Waals surface area contributed by atoms with Gasteiger partial charge in [0.1, 0.15) is 0 Å². The molecule has 0 aliphatic carbocycles. The van der Waals surface area contributed by atoms with E-state index in [-0.39, 0.29) is 15.7 Å². The van der Waals surface area contributed by atoms with Crippen molar-refractivity contribution in [2.75, 3.05) is 0 Å². The summed E-state index contributed by atoms with van der Waals surface area (Å²) in [6.45, 7) is 0. The number of nitrogens with zero attached hydrogens (tertiary/aromatic N) is 2. The second-order valence-electron chi connectivity index (χ2n) is 7.44. The highest BCUT2D eigenvalue weighted by atomic mass is 27.1. The van der Waals surface area contributed by atoms with E-state index < -0.39 is 0 Å². The maximum Gasteiger partial charge on any atom is 0.564 e. The third-order valence-corrected chi connectivity index (χ3v) is 7.99. The van der Waals surface area contributed by atoms with E-state index in [1.165, 1.54) is 52.5 Å². The molecule has 0 aliphatic heterocycles. The van der Waals surface area contributed by atoms with Crippen molar-refractivity contribution in [3.05, 3.63) is 84.9 Å². The number of benzene rings is 4. The van der Waals surface area contributed by atoms with E-state index in [4.69, 9.17) is 0 Å². The molecular weight excluding hydrogens is 397 g/mol. The van der Waals surface area contributed by atoms with Gasteiger partial charge in [-0.3, -0.25) is 0 Å². The van der Waals surface area contributed by atoms with Gasteiger partial charge in [0.05, 0.1) is 0 Å². The molecule has 0 atom stereocenters. The van der Waals surface area contributed by atoms with Crippen LogP contribution in [0.5, 0.6) is 0 Å². The van der Waals surface area contributed by atoms with Gasteiger partial charge in [-0.05, 0) is 18.2 Å². The lowest BCUT2D eigenvalue weighted by molar-refractivity contribution is 1.23. The van der Waals surface area contributed by atoms with E-state index in [1.807, 2.05) is 0 Å². The molecule has 0 saturated carbocycles. The molecule has 0 N–H and O–H groups in total. The Morgan fingerprint density at radius 1 is 0.483 bits per heavy atom. The lowest BCUT2D eigenvalue weighted by Gasteiger charge is -2.11. The van der Waals surface area contributed by atoms with Crippen molar-refractivity contribution in [1.82, 2.24) is 7.10 Å². The Morgan fingerprint density at radius 2 is 1.00 bits per heavy atom. The van der Waals surface area contributed by atoms with E-state index >= 15 is 0 Å². The summed E-state index contributed by atoms with van der Waals surface area (Å²) in [7, 11) is 0. The van der Waals surface area contributed by atoms with Gasteiger partial charge in [-0.2, -0.15) is 0 Å². The van der Waals surface area contributed by atoms with E-state index in [0.717, 1.165) is 0 Å². The van der Waals surface area contributed by atoms with Crippen molar-refractivity contribution in [3.8, 4) is 0 Å². The van der Waals surface area contributed by atoms with Gasteiger partial charge in [-0.1, -0.05) is 66.7 Å². The van der Waals surface area contributed by atoms with Crippen LogP contribution < -0.4 is 8.85 Å². The van der Waals surface area contributed by atoms with Crippen LogP contribution in [0.3, 0.4) is 0 Å². The molecule has 6 aromatic rings. The summed E-state index contributed by atoms with van der Waals surface area (Å²) < 4.78 is 7.49. The average molecular weight is 411 g/mol. The second kappa shape index (κ2) is 6.81. The molecule has 0 saturated heterocycles. The highest BCUT2D eigenvalue weighted by Crippen LogP contribution is 2.30. The fourth-order valence-electron chi connectivity index (χ4n) is 4.40. The first kappa shape index (κ1) is 17.9. The average Bonchev–Trinajstić information content (AvgIpc) is 3.21. The summed E-state index contributed by atoms with van der Waals surface area (Å²) in [5.41, 5.74) is 5.23. The Kier molecular flexibility index (Phi) is 4.20. The van der Waals surface area contributed by atoms with Gasteiger partial charge in [-0.15, -0.1) is 8.85 Å². The summed E-state index contributed by atoms with van der Waals surface area (Å²) in [6, 6.07) is 31.0. The van der Waals surface area contributed by atoms with Gasteiger partial charge in [0.15, 0.2) is 32.6 Å². The summed E-state index contributed by atoms with van der Waals surface area (Å²) in [4.78, 5) is 0. The van der Waals surface area contributed by atoms with Crippen LogP contribution in [0.1, 0.15) is 0 Å². The van der Waals surface area contributed by atoms with E-state index in [9.17, 15) is 0 Å². The molecule has 2 heterocycles. The van der Waals surface area contributed by atoms with Crippen molar-refractivity contribution >= 4 is 101 Å². The van der Waals surface area contributed by atoms with Gasteiger partial charge in [0.25, 0.3) is 0 Å². The lowest BCUT2D eigenvalue weighted by Crippen LogP contribution is -2.17. The molecule has 2 nitrogen and oxygen atoms in total. The molecule has 5 heteroatoms. The van der Waals surface area contributed by atoms with Crippen LogP contribution in [-0.2, 0) is 0 Å². The largest absolute Gasteiger partial charge is 0.564 e. The van der Waals surface area contributed by atoms with Crippen LogP contribution in [0.2, 0.25) is 0 Å². The first-order valence-corrected chi connectivity index (χ1v) is 11.8. The molecule has 0 spiro atoms. The van der Waals surface area contributed by atoms with Crippen molar-refractivity contribution in [1.29, 1.82) is 0 Å². The molecule has 2 aromatic heterocycles. The summed E-state index contributed by atoms with van der Waals surface area (Å²) in [6.07, 6.45) is 0. The SMILES string of the molecule is [Al][c]1ccc2c(c1)c1ccccc1[n]2[Al][n]1c2ccccc2c2cc[c]([Al])cc21. The predicted molar refractivity (Wildman–Crippen MR) is 126 cm³/mol. The van der Waals surface area contributed by atoms with Crippen LogP contribution in [-0.4, -0.2) is 55.3 Å². The minimum absolute atomic E-state index is 0.198. The first-order chi connectivity index (χ1) is 14.2. The zero-order valence-corrected chi connectivity index (χ0v) is 19.2. The van der Waals surface area contributed by atoms with E-state index in [0.29, 0.717) is 0 Å². The Balaban J connectivity index is 1.70. The number of aromatic nitrogens is 2. The fourth-order valence-corrected chi connectivity index (χ4v) is 6.54. The third kappa shape index (κ3) is 2.75. The Morgan fingerprint density at radius 3 is 1.76 bits per heavy atom. The lowest BCUT2D eigenvalue weighted by atomic mass is 10.1. The highest BCUT2D eigenvalue weighted by molar-refractivity contribution is 6.43. The highest BCUT2D eigenvalue weighted by Gasteiger charge is 2.17. The van der Waals surface area contributed by atoms with Crippen molar-refractivity contribution in [2.45, 2.75) is 0 Å². The number of hydrogen-bond donors (Lipinski definition) is 0. The minimum atomic E-state index is -0.198. The normalized spacial score (nSPS) is 11.7. The van der Waals surface area contributed by atoms with Gasteiger partial charge >= 0.3 is 15.7 Å². The predicted octanol–water partition coefficient (Wildman–Crippen LogP) is 3.42. The van der Waals surface area contributed by atoms with Gasteiger partial charge < -0.3 is 7.10 Å². The standard InChI is InChI=1S/2C12H7N.3Al/c2*1-3-7-11-9(5-1)10-6-2-4-8-12(10)13-11;;;/h1,3-8H;1-3,5-8H;;;/q2*-1;;;+2. The minimum Gasteiger partial charge on any atom is -0.420 e. The fraction of sp³-hybridized carbons (Fsp3) is 0. The number of para-hydroxylation sites is 2. The molecule has 4 aromatic carbocycles. The maximum absolute atomic E-state index is 2.84. The summed E-state index contributed by atoms with van der Waals surface area (Å²) in [5.74, 6) is 0. The number of hydrogen-bond acceptors (Lipinski definition) is 0. The zero-order chi connectivity index (χ0) is 19.5. The summed E-state index contributed by atoms with van der Waals surface area (Å²) >= 11 is 5.48. The second-order valence-corrected chi connectivity index (χ2v) is 10.0. The van der Waals surface area contributed by atoms with Gasteiger partial charge in [-0.25, -0.2) is 0 Å². The molecule has 0 aliphatic rings. The van der Waals surface area contributed by atoms with Crippen LogP contribution in [0, 0.1) is 0 Å². The van der Waals surface area contributed by atoms with Crippen LogP contribution >= 0.6 is 0 Å². The van der Waals surface area contributed by atoms with Crippen LogP contribution in [0.15, 0.2) is 84.9 Å². The Labute approximate surface area is 191 Å². The monoisotopic (exact) mass is 411 g/mol. The maximum atomic E-state index is 2.84. The number of fused-ring (bicyclic) bond motifs is 6. The van der Waals surface area contributed by atoms with E-state index in [2.05, 4.69) is 125 Å². The van der Waals surface area contributed by atoms with Crippen molar-refractivity contribution in [3.63, 3.8) is 0 Å². The van der Waals surface area contributed by atoms with Gasteiger partial charge in [0, 0.05) is 43.6 Å². The van der Waals surface area contributed by atoms with Crippen molar-refractivity contribution in [2.24, 2.45) is 0 Å². The molecule has 0 fully saturated rings. The summed E-state index contributed by atoms with van der Waals surface area (Å²) in [5, 5.41) is 5.31. The zero-order valence-electron chi connectivity index (χ0n) is 15.7. The Bertz CT molecular complexity index is 1560. The van der Waals surface area contributed by atoms with Gasteiger partial charge in [0.2, 0.25) is 0 Å². The van der Waals surface area contributed by atoms with Crippen molar-refractivity contribution < 1.29 is 0 Å². The quantitative estimate of drug-likeness (QED) is 0.387. The first-order valence-electron chi connectivity index (χ1n) is 9.62. The van der Waals surface area contributed by atoms with Crippen LogP contribution in [0.4, 0.5) is 0 Å². The van der Waals surface area contributed by atoms with Crippen LogP contribution in [0.25, 0.3) is 43.6 Å². The molecule has 0 bridgehead atoms. The molecular formula is C24H14Al3N2. The molecule has 0 unspecified atom stereocenters.